The summed E-state index contributed by atoms with van der Waals surface area (Å²) < 4.78 is 14.2. The zero-order chi connectivity index (χ0) is 20.1. The monoisotopic (exact) mass is 385 g/mol. The highest BCUT2D eigenvalue weighted by atomic mass is 19.1. The lowest BCUT2D eigenvalue weighted by Gasteiger charge is -2.35. The van der Waals surface area contributed by atoms with Crippen LogP contribution < -0.4 is 15.5 Å². The van der Waals surface area contributed by atoms with Gasteiger partial charge in [0.2, 0.25) is 0 Å². The third kappa shape index (κ3) is 5.23. The Morgan fingerprint density at radius 1 is 1.21 bits per heavy atom. The highest BCUT2D eigenvalue weighted by Crippen LogP contribution is 2.24. The number of piperidine rings is 1. The number of carbonyl (C=O) groups excluding carboxylic acids is 1. The average molecular weight is 385 g/mol. The van der Waals surface area contributed by atoms with Crippen molar-refractivity contribution in [3.05, 3.63) is 65.0 Å². The van der Waals surface area contributed by atoms with Crippen LogP contribution in [-0.2, 0) is 0 Å². The van der Waals surface area contributed by atoms with E-state index in [1.54, 1.807) is 6.07 Å². The number of aryl methyl sites for hydroxylation is 2. The second-order valence-corrected chi connectivity index (χ2v) is 7.52. The van der Waals surface area contributed by atoms with E-state index in [4.69, 9.17) is 0 Å². The van der Waals surface area contributed by atoms with Gasteiger partial charge in [-0.1, -0.05) is 35.9 Å². The molecule has 2 aromatic rings. The number of halogens is 1. The van der Waals surface area contributed by atoms with Gasteiger partial charge in [-0.25, -0.2) is 9.18 Å². The van der Waals surface area contributed by atoms with E-state index in [9.17, 15) is 14.3 Å². The number of carbonyl (C=O) groups is 1. The first-order chi connectivity index (χ1) is 13.4. The SMILES string of the molecule is Cc1ccc(C(O)CNC(=O)NC2CCCN(c3cc(C)ccc3F)C2)cc1. The molecule has 2 aromatic carbocycles. The molecule has 2 amide bonds. The molecule has 6 heteroatoms. The van der Waals surface area contributed by atoms with E-state index >= 15 is 0 Å². The number of urea groups is 1. The van der Waals surface area contributed by atoms with E-state index in [0.29, 0.717) is 12.2 Å². The minimum Gasteiger partial charge on any atom is -0.387 e. The van der Waals surface area contributed by atoms with Crippen molar-refractivity contribution in [3.63, 3.8) is 0 Å². The van der Waals surface area contributed by atoms with Gasteiger partial charge in [0.15, 0.2) is 0 Å². The van der Waals surface area contributed by atoms with Crippen molar-refractivity contribution in [2.75, 3.05) is 24.5 Å². The molecule has 0 saturated carbocycles. The van der Waals surface area contributed by atoms with E-state index in [-0.39, 0.29) is 24.4 Å². The van der Waals surface area contributed by atoms with Gasteiger partial charge in [0.1, 0.15) is 5.82 Å². The number of hydrogen-bond acceptors (Lipinski definition) is 3. The number of aliphatic hydroxyl groups excluding tert-OH is 1. The van der Waals surface area contributed by atoms with Crippen LogP contribution in [0.5, 0.6) is 0 Å². The summed E-state index contributed by atoms with van der Waals surface area (Å²) in [6.45, 7) is 5.39. The summed E-state index contributed by atoms with van der Waals surface area (Å²) >= 11 is 0. The predicted molar refractivity (Wildman–Crippen MR) is 109 cm³/mol. The highest BCUT2D eigenvalue weighted by Gasteiger charge is 2.23. The van der Waals surface area contributed by atoms with Crippen molar-refractivity contribution in [1.29, 1.82) is 0 Å². The van der Waals surface area contributed by atoms with Crippen LogP contribution in [0, 0.1) is 19.7 Å². The Labute approximate surface area is 165 Å². The molecule has 0 aromatic heterocycles. The van der Waals surface area contributed by atoms with Crippen LogP contribution in [0.1, 0.15) is 35.6 Å². The molecule has 150 valence electrons. The van der Waals surface area contributed by atoms with Crippen molar-refractivity contribution in [1.82, 2.24) is 10.6 Å². The molecule has 0 bridgehead atoms. The third-order valence-electron chi connectivity index (χ3n) is 5.12. The van der Waals surface area contributed by atoms with Crippen LogP contribution in [0.2, 0.25) is 0 Å². The Hall–Kier alpha value is -2.60. The Morgan fingerprint density at radius 2 is 1.93 bits per heavy atom. The summed E-state index contributed by atoms with van der Waals surface area (Å²) in [7, 11) is 0. The molecule has 0 spiro atoms. The standard InChI is InChI=1S/C22H28FN3O2/c1-15-5-8-17(9-6-15)21(27)13-24-22(28)25-18-4-3-11-26(14-18)20-12-16(2)7-10-19(20)23/h5-10,12,18,21,27H,3-4,11,13-14H2,1-2H3,(H2,24,25,28). The first-order valence-electron chi connectivity index (χ1n) is 9.72. The summed E-state index contributed by atoms with van der Waals surface area (Å²) in [5.74, 6) is -0.239. The van der Waals surface area contributed by atoms with Crippen molar-refractivity contribution >= 4 is 11.7 Å². The fraction of sp³-hybridized carbons (Fsp3) is 0.409. The van der Waals surface area contributed by atoms with E-state index in [0.717, 1.165) is 36.1 Å². The Morgan fingerprint density at radius 3 is 2.68 bits per heavy atom. The number of rotatable bonds is 5. The van der Waals surface area contributed by atoms with Gasteiger partial charge in [0.25, 0.3) is 0 Å². The van der Waals surface area contributed by atoms with Crippen LogP contribution in [0.25, 0.3) is 0 Å². The third-order valence-corrected chi connectivity index (χ3v) is 5.12. The van der Waals surface area contributed by atoms with Gasteiger partial charge in [-0.15, -0.1) is 0 Å². The lowest BCUT2D eigenvalue weighted by atomic mass is 10.0. The maximum atomic E-state index is 14.2. The quantitative estimate of drug-likeness (QED) is 0.739. The van der Waals surface area contributed by atoms with Crippen molar-refractivity contribution < 1.29 is 14.3 Å². The topological polar surface area (TPSA) is 64.6 Å². The summed E-state index contributed by atoms with van der Waals surface area (Å²) in [6.07, 6.45) is 0.970. The zero-order valence-electron chi connectivity index (χ0n) is 16.4. The summed E-state index contributed by atoms with van der Waals surface area (Å²) in [5, 5.41) is 15.9. The number of amides is 2. The van der Waals surface area contributed by atoms with Crippen LogP contribution in [-0.4, -0.2) is 36.8 Å². The fourth-order valence-corrected chi connectivity index (χ4v) is 3.51. The number of aliphatic hydroxyl groups is 1. The Bertz CT molecular complexity index is 810. The molecule has 28 heavy (non-hydrogen) atoms. The van der Waals surface area contributed by atoms with E-state index in [1.807, 2.05) is 49.1 Å². The summed E-state index contributed by atoms with van der Waals surface area (Å²) in [4.78, 5) is 14.2. The molecule has 1 heterocycles. The molecule has 1 saturated heterocycles. The summed E-state index contributed by atoms with van der Waals surface area (Å²) in [6, 6.07) is 12.3. The van der Waals surface area contributed by atoms with Crippen LogP contribution in [0.4, 0.5) is 14.9 Å². The lowest BCUT2D eigenvalue weighted by Crippen LogP contribution is -2.51. The second-order valence-electron chi connectivity index (χ2n) is 7.52. The van der Waals surface area contributed by atoms with E-state index in [2.05, 4.69) is 10.6 Å². The summed E-state index contributed by atoms with van der Waals surface area (Å²) in [5.41, 5.74) is 3.48. The van der Waals surface area contributed by atoms with Crippen LogP contribution >= 0.6 is 0 Å². The molecular formula is C22H28FN3O2. The predicted octanol–water partition coefficient (Wildman–Crippen LogP) is 3.44. The van der Waals surface area contributed by atoms with Crippen molar-refractivity contribution in [2.24, 2.45) is 0 Å². The van der Waals surface area contributed by atoms with Gasteiger partial charge in [-0.2, -0.15) is 0 Å². The molecule has 0 aliphatic carbocycles. The Balaban J connectivity index is 1.51. The minimum absolute atomic E-state index is 0.0646. The Kier molecular flexibility index (Phi) is 6.52. The number of nitrogens with one attached hydrogen (secondary N) is 2. The molecule has 1 aliphatic rings. The lowest BCUT2D eigenvalue weighted by molar-refractivity contribution is 0.172. The van der Waals surface area contributed by atoms with Gasteiger partial charge in [-0.05, 0) is 49.9 Å². The van der Waals surface area contributed by atoms with E-state index in [1.165, 1.54) is 6.07 Å². The van der Waals surface area contributed by atoms with Crippen molar-refractivity contribution in [3.8, 4) is 0 Å². The minimum atomic E-state index is -0.754. The van der Waals surface area contributed by atoms with Gasteiger partial charge in [0.05, 0.1) is 11.8 Å². The van der Waals surface area contributed by atoms with Crippen LogP contribution in [0.3, 0.4) is 0 Å². The van der Waals surface area contributed by atoms with Gasteiger partial charge in [0, 0.05) is 25.7 Å². The molecule has 3 rings (SSSR count). The number of nitrogens with zero attached hydrogens (tertiary/aromatic N) is 1. The molecule has 3 N–H and O–H groups in total. The second kappa shape index (κ2) is 9.06. The first kappa shape index (κ1) is 20.1. The average Bonchev–Trinajstić information content (AvgIpc) is 2.69. The van der Waals surface area contributed by atoms with Crippen molar-refractivity contribution in [2.45, 2.75) is 38.8 Å². The zero-order valence-corrected chi connectivity index (χ0v) is 16.4. The van der Waals surface area contributed by atoms with Crippen LogP contribution in [0.15, 0.2) is 42.5 Å². The largest absolute Gasteiger partial charge is 0.387 e. The number of hydrogen-bond donors (Lipinski definition) is 3. The molecule has 2 unspecified atom stereocenters. The number of benzene rings is 2. The smallest absolute Gasteiger partial charge is 0.315 e. The van der Waals surface area contributed by atoms with Gasteiger partial charge in [-0.3, -0.25) is 0 Å². The maximum absolute atomic E-state index is 14.2. The van der Waals surface area contributed by atoms with E-state index < -0.39 is 6.10 Å². The maximum Gasteiger partial charge on any atom is 0.315 e. The molecule has 2 atom stereocenters. The molecule has 1 fully saturated rings. The highest BCUT2D eigenvalue weighted by molar-refractivity contribution is 5.74. The normalized spacial score (nSPS) is 17.9. The van der Waals surface area contributed by atoms with Gasteiger partial charge < -0.3 is 20.6 Å². The molecule has 5 nitrogen and oxygen atoms in total. The number of anilines is 1. The first-order valence-corrected chi connectivity index (χ1v) is 9.72. The molecular weight excluding hydrogens is 357 g/mol. The molecule has 0 radical (unpaired) electrons. The fourth-order valence-electron chi connectivity index (χ4n) is 3.51. The van der Waals surface area contributed by atoms with Gasteiger partial charge >= 0.3 is 6.03 Å². The molecule has 1 aliphatic heterocycles.